The van der Waals surface area contributed by atoms with Gasteiger partial charge in [0.05, 0.1) is 7.11 Å². The van der Waals surface area contributed by atoms with Crippen molar-refractivity contribution in [3.8, 4) is 5.88 Å². The Morgan fingerprint density at radius 3 is 2.40 bits per heavy atom. The summed E-state index contributed by atoms with van der Waals surface area (Å²) in [6.07, 6.45) is 4.00. The molecule has 0 fully saturated rings. The number of oxazole rings is 1. The first-order valence-corrected chi connectivity index (χ1v) is 3.27. The first kappa shape index (κ1) is 9.01. The van der Waals surface area contributed by atoms with Crippen LogP contribution >= 0.6 is 0 Å². The topological polar surface area (TPSA) is 35.3 Å². The third-order valence-corrected chi connectivity index (χ3v) is 0.619. The third-order valence-electron chi connectivity index (χ3n) is 0.619. The summed E-state index contributed by atoms with van der Waals surface area (Å²) in [5.74, 6) is 0.514. The van der Waals surface area contributed by atoms with Gasteiger partial charge in [0, 0.05) is 0 Å². The number of hydrogen-bond acceptors (Lipinski definition) is 3. The van der Waals surface area contributed by atoms with Crippen molar-refractivity contribution >= 4 is 0 Å². The average molecular weight is 143 g/mol. The Morgan fingerprint density at radius 2 is 2.20 bits per heavy atom. The maximum Gasteiger partial charge on any atom is 0.252 e. The summed E-state index contributed by atoms with van der Waals surface area (Å²) in [5.41, 5.74) is 0. The molecule has 58 valence electrons. The second-order valence-corrected chi connectivity index (χ2v) is 1.74. The molecule has 0 amide bonds. The lowest BCUT2D eigenvalue weighted by atomic mass is 10.6. The Labute approximate surface area is 61.0 Å². The van der Waals surface area contributed by atoms with Gasteiger partial charge in [0.1, 0.15) is 0 Å². The highest BCUT2D eigenvalue weighted by Crippen LogP contribution is 2.00. The predicted octanol–water partition coefficient (Wildman–Crippen LogP) is 2.10. The minimum absolute atomic E-state index is 0.514. The smallest absolute Gasteiger partial charge is 0.252 e. The van der Waals surface area contributed by atoms with Gasteiger partial charge in [0.25, 0.3) is 5.88 Å². The summed E-state index contributed by atoms with van der Waals surface area (Å²) in [5, 5.41) is 0. The molecule has 0 unspecified atom stereocenters. The Morgan fingerprint density at radius 1 is 1.60 bits per heavy atom. The molecule has 0 aromatic carbocycles. The highest BCUT2D eigenvalue weighted by molar-refractivity contribution is 4.96. The van der Waals surface area contributed by atoms with Crippen LogP contribution in [-0.2, 0) is 0 Å². The Hall–Kier alpha value is -0.990. The van der Waals surface area contributed by atoms with Crippen LogP contribution in [0.3, 0.4) is 0 Å². The van der Waals surface area contributed by atoms with Crippen molar-refractivity contribution in [1.82, 2.24) is 4.98 Å². The minimum Gasteiger partial charge on any atom is -0.479 e. The molecule has 0 N–H and O–H groups in total. The van der Waals surface area contributed by atoms with Crippen LogP contribution < -0.4 is 4.74 Å². The highest BCUT2D eigenvalue weighted by Gasteiger charge is 1.86. The van der Waals surface area contributed by atoms with Crippen molar-refractivity contribution in [1.29, 1.82) is 0 Å². The first-order chi connectivity index (χ1) is 4.85. The van der Waals surface area contributed by atoms with Gasteiger partial charge >= 0.3 is 0 Å². The molecule has 0 atom stereocenters. The lowest BCUT2D eigenvalue weighted by Gasteiger charge is -1.83. The van der Waals surface area contributed by atoms with Crippen LogP contribution in [0.2, 0.25) is 0 Å². The van der Waals surface area contributed by atoms with Gasteiger partial charge in [-0.15, -0.1) is 0 Å². The molecular weight excluding hydrogens is 130 g/mol. The van der Waals surface area contributed by atoms with E-state index in [1.807, 2.05) is 0 Å². The van der Waals surface area contributed by atoms with Gasteiger partial charge in [-0.3, -0.25) is 0 Å². The predicted molar refractivity (Wildman–Crippen MR) is 39.0 cm³/mol. The summed E-state index contributed by atoms with van der Waals surface area (Å²) in [7, 11) is 1.54. The molecule has 0 radical (unpaired) electrons. The van der Waals surface area contributed by atoms with Crippen molar-refractivity contribution in [2.24, 2.45) is 0 Å². The molecule has 0 aliphatic heterocycles. The lowest BCUT2D eigenvalue weighted by Crippen LogP contribution is -1.78. The summed E-state index contributed by atoms with van der Waals surface area (Å²) in [6.45, 7) is 4.25. The molecule has 0 aliphatic rings. The molecule has 3 heteroatoms. The second-order valence-electron chi connectivity index (χ2n) is 1.74. The van der Waals surface area contributed by atoms with E-state index < -0.39 is 0 Å². The number of methoxy groups -OCH3 is 1. The molecule has 3 nitrogen and oxygen atoms in total. The fourth-order valence-electron chi connectivity index (χ4n) is 0.302. The summed E-state index contributed by atoms with van der Waals surface area (Å²) in [6, 6.07) is 0. The number of aromatic nitrogens is 1. The lowest BCUT2D eigenvalue weighted by molar-refractivity contribution is 0.395. The van der Waals surface area contributed by atoms with E-state index in [9.17, 15) is 0 Å². The van der Waals surface area contributed by atoms with Gasteiger partial charge in [-0.25, -0.2) is 0 Å². The van der Waals surface area contributed by atoms with Gasteiger partial charge in [0.15, 0.2) is 12.7 Å². The van der Waals surface area contributed by atoms with E-state index in [0.717, 1.165) is 0 Å². The van der Waals surface area contributed by atoms with E-state index in [1.165, 1.54) is 26.2 Å². The molecule has 0 saturated carbocycles. The molecular formula is C7H13NO2. The Kier molecular flexibility index (Phi) is 5.53. The van der Waals surface area contributed by atoms with Crippen molar-refractivity contribution < 1.29 is 9.15 Å². The molecule has 1 aromatic heterocycles. The van der Waals surface area contributed by atoms with Crippen molar-refractivity contribution in [3.05, 3.63) is 12.7 Å². The van der Waals surface area contributed by atoms with E-state index in [4.69, 9.17) is 0 Å². The molecule has 1 rings (SSSR count). The number of rotatable bonds is 1. The van der Waals surface area contributed by atoms with Crippen molar-refractivity contribution in [2.45, 2.75) is 20.3 Å². The fourth-order valence-corrected chi connectivity index (χ4v) is 0.302. The normalized spacial score (nSPS) is 7.90. The van der Waals surface area contributed by atoms with E-state index in [1.54, 1.807) is 0 Å². The Bertz CT molecular complexity index is 137. The summed E-state index contributed by atoms with van der Waals surface area (Å²) in [4.78, 5) is 3.65. The van der Waals surface area contributed by atoms with Crippen molar-refractivity contribution in [2.75, 3.05) is 7.11 Å². The van der Waals surface area contributed by atoms with Crippen LogP contribution in [0.15, 0.2) is 17.1 Å². The molecule has 1 aromatic rings. The van der Waals surface area contributed by atoms with E-state index in [-0.39, 0.29) is 0 Å². The van der Waals surface area contributed by atoms with Crippen LogP contribution in [0.5, 0.6) is 5.88 Å². The fraction of sp³-hybridized carbons (Fsp3) is 0.571. The largest absolute Gasteiger partial charge is 0.479 e. The summed E-state index contributed by atoms with van der Waals surface area (Å²) >= 11 is 0. The number of hydrogen-bond donors (Lipinski definition) is 0. The Balaban J connectivity index is 0.000000236. The quantitative estimate of drug-likeness (QED) is 0.603. The van der Waals surface area contributed by atoms with Crippen LogP contribution in [0.1, 0.15) is 20.3 Å². The maximum atomic E-state index is 4.65. The SMILES string of the molecule is CCC.COc1cocn1. The second kappa shape index (κ2) is 6.13. The highest BCUT2D eigenvalue weighted by atomic mass is 16.5. The standard InChI is InChI=1S/C4H5NO2.C3H8/c1-6-4-2-7-3-5-4;1-3-2/h2-3H,1H3;3H2,1-2H3. The van der Waals surface area contributed by atoms with Gasteiger partial charge in [-0.1, -0.05) is 20.3 Å². The van der Waals surface area contributed by atoms with E-state index in [0.29, 0.717) is 5.88 Å². The molecule has 0 bridgehead atoms. The van der Waals surface area contributed by atoms with Crippen LogP contribution in [0.25, 0.3) is 0 Å². The zero-order valence-corrected chi connectivity index (χ0v) is 6.63. The van der Waals surface area contributed by atoms with Crippen LogP contribution in [0.4, 0.5) is 0 Å². The van der Waals surface area contributed by atoms with E-state index >= 15 is 0 Å². The van der Waals surface area contributed by atoms with Gasteiger partial charge < -0.3 is 9.15 Å². The molecule has 10 heavy (non-hydrogen) atoms. The number of ether oxygens (including phenoxy) is 1. The van der Waals surface area contributed by atoms with Crippen molar-refractivity contribution in [3.63, 3.8) is 0 Å². The van der Waals surface area contributed by atoms with Crippen LogP contribution in [-0.4, -0.2) is 12.1 Å². The van der Waals surface area contributed by atoms with Crippen LogP contribution in [0, 0.1) is 0 Å². The average Bonchev–Trinajstić information content (AvgIpc) is 2.39. The summed E-state index contributed by atoms with van der Waals surface area (Å²) < 4.78 is 9.22. The zero-order chi connectivity index (χ0) is 7.82. The molecule has 1 heterocycles. The first-order valence-electron chi connectivity index (χ1n) is 3.27. The molecule has 0 spiro atoms. The number of nitrogens with zero attached hydrogens (tertiary/aromatic N) is 1. The molecule has 0 aliphatic carbocycles. The maximum absolute atomic E-state index is 4.65. The monoisotopic (exact) mass is 143 g/mol. The third kappa shape index (κ3) is 3.95. The minimum atomic E-state index is 0.514. The van der Waals surface area contributed by atoms with Gasteiger partial charge in [0.2, 0.25) is 0 Å². The zero-order valence-electron chi connectivity index (χ0n) is 6.63. The van der Waals surface area contributed by atoms with E-state index in [2.05, 4.69) is 28.0 Å². The van der Waals surface area contributed by atoms with Gasteiger partial charge in [-0.2, -0.15) is 4.98 Å². The molecule has 0 saturated heterocycles. The van der Waals surface area contributed by atoms with Gasteiger partial charge in [-0.05, 0) is 0 Å².